The minimum Gasteiger partial charge on any atom is -0.445 e. The van der Waals surface area contributed by atoms with E-state index in [0.717, 1.165) is 0 Å². The van der Waals surface area contributed by atoms with Crippen LogP contribution in [0.2, 0.25) is 10.0 Å². The van der Waals surface area contributed by atoms with E-state index in [0.29, 0.717) is 60.1 Å². The molecule has 12 heteroatoms. The number of nitrogens with zero attached hydrogens (tertiary/aromatic N) is 2. The summed E-state index contributed by atoms with van der Waals surface area (Å²) in [6.07, 6.45) is 0.946. The molecule has 2 fully saturated rings. The van der Waals surface area contributed by atoms with E-state index in [9.17, 15) is 18.0 Å². The molecule has 2 aromatic carbocycles. The van der Waals surface area contributed by atoms with Crippen LogP contribution >= 0.6 is 23.2 Å². The summed E-state index contributed by atoms with van der Waals surface area (Å²) in [5.74, 6) is -0.630. The van der Waals surface area contributed by atoms with Crippen LogP contribution in [0, 0.1) is 5.41 Å². The van der Waals surface area contributed by atoms with Gasteiger partial charge in [0.2, 0.25) is 10.0 Å². The number of oxazole rings is 1. The molecule has 1 N–H and O–H groups in total. The van der Waals surface area contributed by atoms with Crippen LogP contribution in [0.4, 0.5) is 4.79 Å². The number of aromatic nitrogens is 1. The second-order valence-electron chi connectivity index (χ2n) is 8.76. The number of piperidine rings is 1. The Balaban J connectivity index is 1.16. The third-order valence-electron chi connectivity index (χ3n) is 6.42. The Labute approximate surface area is 205 Å². The number of benzene rings is 2. The van der Waals surface area contributed by atoms with Crippen LogP contribution in [0.25, 0.3) is 11.1 Å². The van der Waals surface area contributed by atoms with Crippen LogP contribution in [0.1, 0.15) is 18.4 Å². The van der Waals surface area contributed by atoms with Crippen molar-refractivity contribution in [2.45, 2.75) is 24.3 Å². The first-order chi connectivity index (χ1) is 16.1. The number of carbonyl (C=O) groups excluding carboxylic acids is 1. The number of ether oxygens (including phenoxy) is 1. The van der Waals surface area contributed by atoms with Gasteiger partial charge in [0.25, 0.3) is 0 Å². The maximum Gasteiger partial charge on any atom is 0.417 e. The van der Waals surface area contributed by atoms with Gasteiger partial charge in [0.1, 0.15) is 6.61 Å². The van der Waals surface area contributed by atoms with Gasteiger partial charge in [0.15, 0.2) is 5.58 Å². The SMILES string of the molecule is O=C(OCc1cc(Cl)cc(Cl)c1)N1CCC2(CC1)CN(S(=O)(=O)c1ccc3[nH]c(=O)oc3c1)C2. The van der Waals surface area contributed by atoms with Crippen LogP contribution in [-0.2, 0) is 21.4 Å². The normalized spacial score (nSPS) is 18.2. The molecule has 3 heterocycles. The minimum absolute atomic E-state index is 0.0678. The molecule has 9 nitrogen and oxygen atoms in total. The molecule has 1 aromatic heterocycles. The van der Waals surface area contributed by atoms with Crippen molar-refractivity contribution in [2.24, 2.45) is 5.41 Å². The monoisotopic (exact) mass is 525 g/mol. The van der Waals surface area contributed by atoms with E-state index in [1.165, 1.54) is 22.5 Å². The van der Waals surface area contributed by atoms with Crippen molar-refractivity contribution in [2.75, 3.05) is 26.2 Å². The molecule has 3 aromatic rings. The molecular weight excluding hydrogens is 505 g/mol. The first-order valence-electron chi connectivity index (χ1n) is 10.6. The van der Waals surface area contributed by atoms with E-state index in [4.69, 9.17) is 32.4 Å². The average molecular weight is 526 g/mol. The van der Waals surface area contributed by atoms with Gasteiger partial charge in [0.05, 0.1) is 10.4 Å². The molecule has 2 aliphatic rings. The fraction of sp³-hybridized carbons (Fsp3) is 0.364. The van der Waals surface area contributed by atoms with Crippen molar-refractivity contribution in [3.8, 4) is 0 Å². The van der Waals surface area contributed by atoms with Crippen LogP contribution in [0.5, 0.6) is 0 Å². The molecule has 34 heavy (non-hydrogen) atoms. The molecular formula is C22H21Cl2N3O6S. The van der Waals surface area contributed by atoms with E-state index in [1.807, 2.05) is 0 Å². The van der Waals surface area contributed by atoms with Gasteiger partial charge >= 0.3 is 11.8 Å². The number of amides is 1. The molecule has 0 bridgehead atoms. The highest BCUT2D eigenvalue weighted by Gasteiger charge is 2.50. The van der Waals surface area contributed by atoms with E-state index < -0.39 is 21.9 Å². The molecule has 5 rings (SSSR count). The van der Waals surface area contributed by atoms with Crippen molar-refractivity contribution in [3.05, 3.63) is 62.6 Å². The topological polar surface area (TPSA) is 113 Å². The smallest absolute Gasteiger partial charge is 0.417 e. The van der Waals surface area contributed by atoms with E-state index in [-0.39, 0.29) is 22.5 Å². The quantitative estimate of drug-likeness (QED) is 0.553. The van der Waals surface area contributed by atoms with Gasteiger partial charge in [-0.1, -0.05) is 23.2 Å². The number of sulfonamides is 1. The van der Waals surface area contributed by atoms with Gasteiger partial charge in [-0.2, -0.15) is 4.31 Å². The van der Waals surface area contributed by atoms with Crippen LogP contribution in [0.15, 0.2) is 50.5 Å². The molecule has 180 valence electrons. The lowest BCUT2D eigenvalue weighted by molar-refractivity contribution is -0.00194. The zero-order chi connectivity index (χ0) is 24.1. The average Bonchev–Trinajstić information content (AvgIpc) is 3.14. The minimum atomic E-state index is -3.71. The van der Waals surface area contributed by atoms with Gasteiger partial charge < -0.3 is 14.1 Å². The van der Waals surface area contributed by atoms with Gasteiger partial charge in [0, 0.05) is 47.7 Å². The van der Waals surface area contributed by atoms with Gasteiger partial charge in [-0.3, -0.25) is 4.98 Å². The molecule has 0 radical (unpaired) electrons. The summed E-state index contributed by atoms with van der Waals surface area (Å²) in [5, 5.41) is 0.945. The summed E-state index contributed by atoms with van der Waals surface area (Å²) in [6, 6.07) is 9.33. The molecule has 0 aliphatic carbocycles. The largest absolute Gasteiger partial charge is 0.445 e. The first-order valence-corrected chi connectivity index (χ1v) is 12.8. The Kier molecular flexibility index (Phi) is 5.87. The lowest BCUT2D eigenvalue weighted by Crippen LogP contribution is -2.62. The third kappa shape index (κ3) is 4.43. The summed E-state index contributed by atoms with van der Waals surface area (Å²) >= 11 is 12.0. The Morgan fingerprint density at radius 1 is 1.09 bits per heavy atom. The molecule has 2 aliphatic heterocycles. The molecule has 1 amide bonds. The first kappa shape index (κ1) is 23.2. The lowest BCUT2D eigenvalue weighted by Gasteiger charge is -2.52. The van der Waals surface area contributed by atoms with E-state index >= 15 is 0 Å². The Morgan fingerprint density at radius 3 is 2.44 bits per heavy atom. The van der Waals surface area contributed by atoms with Crippen molar-refractivity contribution in [3.63, 3.8) is 0 Å². The van der Waals surface area contributed by atoms with Gasteiger partial charge in [-0.15, -0.1) is 0 Å². The van der Waals surface area contributed by atoms with Gasteiger partial charge in [-0.25, -0.2) is 18.0 Å². The van der Waals surface area contributed by atoms with Crippen molar-refractivity contribution in [1.82, 2.24) is 14.2 Å². The highest BCUT2D eigenvalue weighted by Crippen LogP contribution is 2.43. The van der Waals surface area contributed by atoms with Crippen LogP contribution in [-0.4, -0.2) is 54.9 Å². The molecule has 0 atom stereocenters. The molecule has 2 saturated heterocycles. The van der Waals surface area contributed by atoms with E-state index in [2.05, 4.69) is 4.98 Å². The van der Waals surface area contributed by atoms with E-state index in [1.54, 1.807) is 23.1 Å². The summed E-state index contributed by atoms with van der Waals surface area (Å²) in [6.45, 7) is 1.81. The fourth-order valence-corrected chi connectivity index (χ4v) is 6.77. The predicted molar refractivity (Wildman–Crippen MR) is 125 cm³/mol. The number of halogens is 2. The number of rotatable bonds is 4. The molecule has 0 unspecified atom stereocenters. The van der Waals surface area contributed by atoms with Crippen LogP contribution < -0.4 is 5.76 Å². The maximum atomic E-state index is 13.0. The Bertz CT molecular complexity index is 1400. The number of carbonyl (C=O) groups is 1. The number of aromatic amines is 1. The number of hydrogen-bond acceptors (Lipinski definition) is 6. The Morgan fingerprint density at radius 2 is 1.76 bits per heavy atom. The maximum absolute atomic E-state index is 13.0. The lowest BCUT2D eigenvalue weighted by atomic mass is 9.73. The summed E-state index contributed by atoms with van der Waals surface area (Å²) in [5.41, 5.74) is 1.20. The fourth-order valence-electron chi connectivity index (χ4n) is 4.52. The predicted octanol–water partition coefficient (Wildman–Crippen LogP) is 3.85. The number of fused-ring (bicyclic) bond motifs is 1. The molecule has 0 saturated carbocycles. The summed E-state index contributed by atoms with van der Waals surface area (Å²) in [4.78, 5) is 28.0. The standard InChI is InChI=1S/C22H21Cl2N3O6S/c23-15-7-14(8-16(24)9-15)11-32-21(29)26-5-3-22(4-6-26)12-27(13-22)34(30,31)17-1-2-18-19(10-17)33-20(28)25-18/h1-2,7-10H,3-6,11-13H2,(H,25,28). The number of H-pyrrole nitrogens is 1. The highest BCUT2D eigenvalue weighted by atomic mass is 35.5. The summed E-state index contributed by atoms with van der Waals surface area (Å²) in [7, 11) is -3.71. The number of likely N-dealkylation sites (tertiary alicyclic amines) is 1. The van der Waals surface area contributed by atoms with Crippen molar-refractivity contribution < 1.29 is 22.4 Å². The zero-order valence-corrected chi connectivity index (χ0v) is 20.3. The van der Waals surface area contributed by atoms with Crippen molar-refractivity contribution >= 4 is 50.4 Å². The van der Waals surface area contributed by atoms with Crippen LogP contribution in [0.3, 0.4) is 0 Å². The number of hydrogen-bond donors (Lipinski definition) is 1. The van der Waals surface area contributed by atoms with Gasteiger partial charge in [-0.05, 0) is 48.7 Å². The molecule has 1 spiro atoms. The third-order valence-corrected chi connectivity index (χ3v) is 8.64. The van der Waals surface area contributed by atoms with Crippen molar-refractivity contribution in [1.29, 1.82) is 0 Å². The second-order valence-corrected chi connectivity index (χ2v) is 11.6. The number of nitrogens with one attached hydrogen (secondary N) is 1. The zero-order valence-electron chi connectivity index (χ0n) is 17.9. The Hall–Kier alpha value is -2.53. The highest BCUT2D eigenvalue weighted by molar-refractivity contribution is 7.89. The second kappa shape index (κ2) is 8.60. The summed E-state index contributed by atoms with van der Waals surface area (Å²) < 4.78 is 37.9.